The number of rotatable bonds is 5. The molecule has 134 valence electrons. The minimum Gasteiger partial charge on any atom is -0.385 e. The molecule has 25 heavy (non-hydrogen) atoms. The highest BCUT2D eigenvalue weighted by Crippen LogP contribution is 2.47. The van der Waals surface area contributed by atoms with E-state index in [1.165, 1.54) is 11.1 Å². The Morgan fingerprint density at radius 3 is 2.56 bits per heavy atom. The number of benzene rings is 2. The molecule has 3 heteroatoms. The zero-order valence-corrected chi connectivity index (χ0v) is 16.0. The van der Waals surface area contributed by atoms with Gasteiger partial charge in [0.15, 0.2) is 0 Å². The van der Waals surface area contributed by atoms with Crippen LogP contribution in [0.25, 0.3) is 0 Å². The molecule has 1 N–H and O–H groups in total. The Morgan fingerprint density at radius 1 is 1.12 bits per heavy atom. The van der Waals surface area contributed by atoms with E-state index in [4.69, 9.17) is 11.6 Å². The standard InChI is InChI=1S/C22H28ClNO/c1-24(2)16-6-15-22(25)20-9-4-3-7-17(20)8-5-10-21(22)18-11-13-19(23)14-12-18/h3-4,7,9,11-14,21,25H,5-6,8,10,15-16H2,1-2H3/t21-,22-/m1/s1. The Balaban J connectivity index is 2.00. The molecule has 0 unspecified atom stereocenters. The van der Waals surface area contributed by atoms with Crippen LogP contribution in [0.5, 0.6) is 0 Å². The number of fused-ring (bicyclic) bond motifs is 1. The minimum absolute atomic E-state index is 0.107. The van der Waals surface area contributed by atoms with Gasteiger partial charge in [0, 0.05) is 10.9 Å². The van der Waals surface area contributed by atoms with Gasteiger partial charge in [0.05, 0.1) is 5.60 Å². The highest BCUT2D eigenvalue weighted by atomic mass is 35.5. The zero-order chi connectivity index (χ0) is 17.9. The van der Waals surface area contributed by atoms with Gasteiger partial charge in [-0.2, -0.15) is 0 Å². The summed E-state index contributed by atoms with van der Waals surface area (Å²) in [5.74, 6) is 0.107. The van der Waals surface area contributed by atoms with Crippen LogP contribution >= 0.6 is 11.6 Å². The first-order valence-electron chi connectivity index (χ1n) is 9.21. The molecule has 2 nitrogen and oxygen atoms in total. The fourth-order valence-electron chi connectivity index (χ4n) is 4.19. The molecule has 0 aliphatic heterocycles. The van der Waals surface area contributed by atoms with E-state index in [1.54, 1.807) is 0 Å². The van der Waals surface area contributed by atoms with E-state index in [9.17, 15) is 5.11 Å². The van der Waals surface area contributed by atoms with Crippen molar-refractivity contribution in [1.29, 1.82) is 0 Å². The number of halogens is 1. The SMILES string of the molecule is CN(C)CCC[C@@]1(O)c2ccccc2CCC[C@@H]1c1ccc(Cl)cc1. The van der Waals surface area contributed by atoms with Crippen molar-refractivity contribution in [2.24, 2.45) is 0 Å². The van der Waals surface area contributed by atoms with Crippen molar-refractivity contribution in [3.63, 3.8) is 0 Å². The Labute approximate surface area is 156 Å². The second-order valence-electron chi connectivity index (χ2n) is 7.48. The highest BCUT2D eigenvalue weighted by molar-refractivity contribution is 6.30. The quantitative estimate of drug-likeness (QED) is 0.762. The van der Waals surface area contributed by atoms with E-state index in [0.717, 1.165) is 49.2 Å². The summed E-state index contributed by atoms with van der Waals surface area (Å²) in [6, 6.07) is 16.5. The van der Waals surface area contributed by atoms with E-state index >= 15 is 0 Å². The number of hydrogen-bond donors (Lipinski definition) is 1. The molecule has 0 bridgehead atoms. The van der Waals surface area contributed by atoms with Crippen molar-refractivity contribution >= 4 is 11.6 Å². The molecule has 0 amide bonds. The summed E-state index contributed by atoms with van der Waals surface area (Å²) in [5, 5.41) is 12.7. The molecular weight excluding hydrogens is 330 g/mol. The summed E-state index contributed by atoms with van der Waals surface area (Å²) >= 11 is 6.09. The van der Waals surface area contributed by atoms with E-state index in [1.807, 2.05) is 12.1 Å². The average Bonchev–Trinajstić information content (AvgIpc) is 2.73. The van der Waals surface area contributed by atoms with Gasteiger partial charge in [0.2, 0.25) is 0 Å². The predicted octanol–water partition coefficient (Wildman–Crippen LogP) is 4.99. The molecule has 0 radical (unpaired) electrons. The summed E-state index contributed by atoms with van der Waals surface area (Å²) < 4.78 is 0. The Bertz CT molecular complexity index is 697. The second kappa shape index (κ2) is 7.90. The fourth-order valence-corrected chi connectivity index (χ4v) is 4.32. The van der Waals surface area contributed by atoms with Gasteiger partial charge in [-0.05, 0) is 81.6 Å². The maximum atomic E-state index is 11.9. The average molecular weight is 358 g/mol. The lowest BCUT2D eigenvalue weighted by Crippen LogP contribution is -2.34. The van der Waals surface area contributed by atoms with Crippen LogP contribution in [0, 0.1) is 0 Å². The largest absolute Gasteiger partial charge is 0.385 e. The smallest absolute Gasteiger partial charge is 0.0967 e. The van der Waals surface area contributed by atoms with Gasteiger partial charge in [0.25, 0.3) is 0 Å². The van der Waals surface area contributed by atoms with E-state index < -0.39 is 5.60 Å². The molecular formula is C22H28ClNO. The van der Waals surface area contributed by atoms with E-state index in [0.29, 0.717) is 0 Å². The fraction of sp³-hybridized carbons (Fsp3) is 0.455. The Morgan fingerprint density at radius 2 is 1.84 bits per heavy atom. The highest BCUT2D eigenvalue weighted by Gasteiger charge is 2.41. The van der Waals surface area contributed by atoms with E-state index in [2.05, 4.69) is 55.4 Å². The molecule has 0 aromatic heterocycles. The summed E-state index contributed by atoms with van der Waals surface area (Å²) in [6.07, 6.45) is 4.88. The van der Waals surface area contributed by atoms with Gasteiger partial charge in [-0.3, -0.25) is 0 Å². The van der Waals surface area contributed by atoms with Crippen molar-refractivity contribution < 1.29 is 5.11 Å². The van der Waals surface area contributed by atoms with Crippen molar-refractivity contribution in [3.8, 4) is 0 Å². The van der Waals surface area contributed by atoms with Crippen molar-refractivity contribution in [3.05, 3.63) is 70.2 Å². The van der Waals surface area contributed by atoms with Crippen LogP contribution in [0.3, 0.4) is 0 Å². The van der Waals surface area contributed by atoms with Crippen LogP contribution in [0.15, 0.2) is 48.5 Å². The molecule has 2 aromatic rings. The van der Waals surface area contributed by atoms with Crippen LogP contribution in [0.4, 0.5) is 0 Å². The molecule has 1 aliphatic carbocycles. The number of hydrogen-bond acceptors (Lipinski definition) is 2. The van der Waals surface area contributed by atoms with E-state index in [-0.39, 0.29) is 5.92 Å². The summed E-state index contributed by atoms with van der Waals surface area (Å²) in [7, 11) is 4.17. The third kappa shape index (κ3) is 4.08. The predicted molar refractivity (Wildman–Crippen MR) is 105 cm³/mol. The molecule has 0 saturated heterocycles. The number of aliphatic hydroxyl groups is 1. The zero-order valence-electron chi connectivity index (χ0n) is 15.2. The summed E-state index contributed by atoms with van der Waals surface area (Å²) in [6.45, 7) is 0.984. The molecule has 2 atom stereocenters. The minimum atomic E-state index is -0.822. The van der Waals surface area contributed by atoms with Crippen LogP contribution in [-0.4, -0.2) is 30.6 Å². The Kier molecular flexibility index (Phi) is 5.83. The van der Waals surface area contributed by atoms with Gasteiger partial charge >= 0.3 is 0 Å². The van der Waals surface area contributed by atoms with Gasteiger partial charge in [0.1, 0.15) is 0 Å². The maximum absolute atomic E-state index is 11.9. The third-order valence-electron chi connectivity index (χ3n) is 5.43. The van der Waals surface area contributed by atoms with Crippen molar-refractivity contribution in [2.75, 3.05) is 20.6 Å². The molecule has 2 aromatic carbocycles. The van der Waals surface area contributed by atoms with Gasteiger partial charge in [-0.25, -0.2) is 0 Å². The molecule has 0 spiro atoms. The van der Waals surface area contributed by atoms with Crippen LogP contribution < -0.4 is 0 Å². The summed E-state index contributed by atoms with van der Waals surface area (Å²) in [4.78, 5) is 2.18. The lowest BCUT2D eigenvalue weighted by Gasteiger charge is -2.37. The molecule has 0 fully saturated rings. The lowest BCUT2D eigenvalue weighted by atomic mass is 9.73. The molecule has 3 rings (SSSR count). The van der Waals surface area contributed by atoms with Crippen LogP contribution in [0.1, 0.15) is 48.3 Å². The normalized spacial score (nSPS) is 23.3. The molecule has 0 saturated carbocycles. The Hall–Kier alpha value is -1.35. The van der Waals surface area contributed by atoms with Gasteiger partial charge < -0.3 is 10.0 Å². The molecule has 0 heterocycles. The van der Waals surface area contributed by atoms with Crippen LogP contribution in [0.2, 0.25) is 5.02 Å². The van der Waals surface area contributed by atoms with Gasteiger partial charge in [-0.1, -0.05) is 48.0 Å². The monoisotopic (exact) mass is 357 g/mol. The maximum Gasteiger partial charge on any atom is 0.0967 e. The number of aryl methyl sites for hydroxylation is 1. The van der Waals surface area contributed by atoms with Crippen LogP contribution in [-0.2, 0) is 12.0 Å². The summed E-state index contributed by atoms with van der Waals surface area (Å²) in [5.41, 5.74) is 2.78. The first kappa shape index (κ1) is 18.4. The third-order valence-corrected chi connectivity index (χ3v) is 5.69. The van der Waals surface area contributed by atoms with Crippen molar-refractivity contribution in [2.45, 2.75) is 43.6 Å². The first-order chi connectivity index (χ1) is 12.0. The van der Waals surface area contributed by atoms with Crippen molar-refractivity contribution in [1.82, 2.24) is 4.90 Å². The first-order valence-corrected chi connectivity index (χ1v) is 9.59. The second-order valence-corrected chi connectivity index (χ2v) is 7.92. The molecule has 1 aliphatic rings. The van der Waals surface area contributed by atoms with Gasteiger partial charge in [-0.15, -0.1) is 0 Å². The topological polar surface area (TPSA) is 23.5 Å². The number of nitrogens with zero attached hydrogens (tertiary/aromatic N) is 1. The lowest BCUT2D eigenvalue weighted by molar-refractivity contribution is -0.00604.